The molecule has 0 spiro atoms. The lowest BCUT2D eigenvalue weighted by Gasteiger charge is -1.98. The first-order valence-electron chi connectivity index (χ1n) is 5.30. The van der Waals surface area contributed by atoms with E-state index in [4.69, 9.17) is 23.2 Å². The number of aromatic nitrogens is 2. The Hall–Kier alpha value is -1.64. The topological polar surface area (TPSA) is 25.8 Å². The van der Waals surface area contributed by atoms with Crippen LogP contribution in [-0.4, -0.2) is 9.97 Å². The van der Waals surface area contributed by atoms with Crippen molar-refractivity contribution in [1.82, 2.24) is 9.97 Å². The zero-order valence-electron chi connectivity index (χ0n) is 9.42. The molecule has 0 bridgehead atoms. The van der Waals surface area contributed by atoms with Crippen molar-refractivity contribution in [2.75, 3.05) is 0 Å². The zero-order chi connectivity index (χ0) is 12.8. The van der Waals surface area contributed by atoms with E-state index in [1.54, 1.807) is 36.9 Å². The van der Waals surface area contributed by atoms with E-state index in [1.165, 1.54) is 0 Å². The molecule has 2 aromatic heterocycles. The third-order valence-electron chi connectivity index (χ3n) is 2.18. The van der Waals surface area contributed by atoms with Crippen LogP contribution in [0.4, 0.5) is 0 Å². The van der Waals surface area contributed by atoms with Gasteiger partial charge in [-0.15, -0.1) is 0 Å². The lowest BCUT2D eigenvalue weighted by molar-refractivity contribution is 1.32. The van der Waals surface area contributed by atoms with Crippen LogP contribution in [-0.2, 0) is 0 Å². The lowest BCUT2D eigenvalue weighted by atomic mass is 10.2. The standard InChI is InChI=1S/C14H10Cl2N2/c15-13(7-11-3-1-5-17-9-11)14(16)8-12-4-2-6-18-10-12/h1-10H. The Kier molecular flexibility index (Phi) is 4.51. The molecule has 2 rings (SSSR count). The van der Waals surface area contributed by atoms with E-state index in [0.29, 0.717) is 10.1 Å². The molecular weight excluding hydrogens is 267 g/mol. The molecule has 0 unspecified atom stereocenters. The molecular formula is C14H10Cl2N2. The third-order valence-corrected chi connectivity index (χ3v) is 2.91. The monoisotopic (exact) mass is 276 g/mol. The molecule has 0 N–H and O–H groups in total. The van der Waals surface area contributed by atoms with E-state index in [2.05, 4.69) is 9.97 Å². The Labute approximate surface area is 116 Å². The first-order chi connectivity index (χ1) is 8.75. The number of pyridine rings is 2. The molecule has 0 amide bonds. The summed E-state index contributed by atoms with van der Waals surface area (Å²) in [4.78, 5) is 8.01. The SMILES string of the molecule is ClC(=Cc1cccnc1)C(Cl)=Cc1cccnc1. The molecule has 0 aromatic carbocycles. The third kappa shape index (κ3) is 3.69. The molecule has 0 atom stereocenters. The summed E-state index contributed by atoms with van der Waals surface area (Å²) in [7, 11) is 0. The molecule has 0 aliphatic rings. The first-order valence-corrected chi connectivity index (χ1v) is 6.06. The second-order valence-electron chi connectivity index (χ2n) is 3.56. The summed E-state index contributed by atoms with van der Waals surface area (Å²) in [5.74, 6) is 0. The second kappa shape index (κ2) is 6.34. The Morgan fingerprint density at radius 3 is 1.61 bits per heavy atom. The Balaban J connectivity index is 2.21. The highest BCUT2D eigenvalue weighted by atomic mass is 35.5. The van der Waals surface area contributed by atoms with Crippen molar-refractivity contribution in [2.45, 2.75) is 0 Å². The summed E-state index contributed by atoms with van der Waals surface area (Å²) >= 11 is 12.3. The summed E-state index contributed by atoms with van der Waals surface area (Å²) in [5, 5.41) is 0.932. The molecule has 2 aromatic rings. The van der Waals surface area contributed by atoms with Gasteiger partial charge in [0.05, 0.1) is 10.1 Å². The van der Waals surface area contributed by atoms with Gasteiger partial charge in [-0.2, -0.15) is 0 Å². The van der Waals surface area contributed by atoms with Gasteiger partial charge in [-0.25, -0.2) is 0 Å². The van der Waals surface area contributed by atoms with Crippen molar-refractivity contribution >= 4 is 35.4 Å². The van der Waals surface area contributed by atoms with Crippen LogP contribution in [0, 0.1) is 0 Å². The van der Waals surface area contributed by atoms with Crippen molar-refractivity contribution in [2.24, 2.45) is 0 Å². The van der Waals surface area contributed by atoms with Gasteiger partial charge in [-0.3, -0.25) is 9.97 Å². The number of hydrogen-bond donors (Lipinski definition) is 0. The fraction of sp³-hybridized carbons (Fsp3) is 0. The Morgan fingerprint density at radius 2 is 1.28 bits per heavy atom. The fourth-order valence-electron chi connectivity index (χ4n) is 1.35. The molecule has 0 saturated carbocycles. The number of halogens is 2. The van der Waals surface area contributed by atoms with E-state index in [0.717, 1.165) is 11.1 Å². The van der Waals surface area contributed by atoms with E-state index >= 15 is 0 Å². The van der Waals surface area contributed by atoms with Crippen molar-refractivity contribution in [3.63, 3.8) is 0 Å². The molecule has 4 heteroatoms. The lowest BCUT2D eigenvalue weighted by Crippen LogP contribution is -1.79. The van der Waals surface area contributed by atoms with Crippen LogP contribution in [0.25, 0.3) is 12.2 Å². The van der Waals surface area contributed by atoms with Crippen LogP contribution in [0.15, 0.2) is 59.1 Å². The molecule has 90 valence electrons. The molecule has 0 saturated heterocycles. The Morgan fingerprint density at radius 1 is 0.833 bits per heavy atom. The van der Waals surface area contributed by atoms with Crippen LogP contribution in [0.3, 0.4) is 0 Å². The van der Waals surface area contributed by atoms with E-state index in [-0.39, 0.29) is 0 Å². The maximum absolute atomic E-state index is 6.13. The zero-order valence-corrected chi connectivity index (χ0v) is 10.9. The molecule has 0 aliphatic carbocycles. The molecule has 0 aliphatic heterocycles. The van der Waals surface area contributed by atoms with Gasteiger partial charge in [-0.05, 0) is 35.4 Å². The maximum Gasteiger partial charge on any atom is 0.0599 e. The van der Waals surface area contributed by atoms with E-state index < -0.39 is 0 Å². The van der Waals surface area contributed by atoms with Gasteiger partial charge in [0.15, 0.2) is 0 Å². The van der Waals surface area contributed by atoms with Gasteiger partial charge in [-0.1, -0.05) is 35.3 Å². The quantitative estimate of drug-likeness (QED) is 0.780. The van der Waals surface area contributed by atoms with Crippen LogP contribution < -0.4 is 0 Å². The summed E-state index contributed by atoms with van der Waals surface area (Å²) in [6.07, 6.45) is 10.4. The van der Waals surface area contributed by atoms with Gasteiger partial charge >= 0.3 is 0 Å². The van der Waals surface area contributed by atoms with Crippen molar-refractivity contribution < 1.29 is 0 Å². The minimum absolute atomic E-state index is 0.466. The van der Waals surface area contributed by atoms with Crippen LogP contribution in [0.2, 0.25) is 0 Å². The van der Waals surface area contributed by atoms with Gasteiger partial charge in [0.1, 0.15) is 0 Å². The Bertz CT molecular complexity index is 509. The largest absolute Gasteiger partial charge is 0.264 e. The molecule has 2 heterocycles. The van der Waals surface area contributed by atoms with Crippen LogP contribution >= 0.6 is 23.2 Å². The summed E-state index contributed by atoms with van der Waals surface area (Å²) in [5.41, 5.74) is 1.81. The van der Waals surface area contributed by atoms with Crippen molar-refractivity contribution in [3.8, 4) is 0 Å². The molecule has 0 fully saturated rings. The van der Waals surface area contributed by atoms with Crippen LogP contribution in [0.5, 0.6) is 0 Å². The normalized spacial score (nSPS) is 12.6. The smallest absolute Gasteiger partial charge is 0.0599 e. The van der Waals surface area contributed by atoms with E-state index in [1.807, 2.05) is 24.3 Å². The average Bonchev–Trinajstić information content (AvgIpc) is 2.41. The minimum Gasteiger partial charge on any atom is -0.264 e. The molecule has 18 heavy (non-hydrogen) atoms. The summed E-state index contributed by atoms with van der Waals surface area (Å²) in [6.45, 7) is 0. The van der Waals surface area contributed by atoms with E-state index in [9.17, 15) is 0 Å². The highest BCUT2D eigenvalue weighted by Crippen LogP contribution is 2.24. The number of rotatable bonds is 3. The molecule has 0 radical (unpaired) electrons. The van der Waals surface area contributed by atoms with Crippen LogP contribution in [0.1, 0.15) is 11.1 Å². The van der Waals surface area contributed by atoms with Gasteiger partial charge in [0, 0.05) is 24.8 Å². The highest BCUT2D eigenvalue weighted by Gasteiger charge is 2.00. The number of allylic oxidation sites excluding steroid dienone is 2. The van der Waals surface area contributed by atoms with Gasteiger partial charge in [0.2, 0.25) is 0 Å². The first kappa shape index (κ1) is 12.8. The maximum atomic E-state index is 6.13. The average molecular weight is 277 g/mol. The van der Waals surface area contributed by atoms with Gasteiger partial charge in [0.25, 0.3) is 0 Å². The second-order valence-corrected chi connectivity index (χ2v) is 4.37. The summed E-state index contributed by atoms with van der Waals surface area (Å²) in [6, 6.07) is 7.50. The fourth-order valence-corrected chi connectivity index (χ4v) is 1.71. The van der Waals surface area contributed by atoms with Crippen molar-refractivity contribution in [1.29, 1.82) is 0 Å². The summed E-state index contributed by atoms with van der Waals surface area (Å²) < 4.78 is 0. The number of nitrogens with zero attached hydrogens (tertiary/aromatic N) is 2. The van der Waals surface area contributed by atoms with Gasteiger partial charge < -0.3 is 0 Å². The number of hydrogen-bond acceptors (Lipinski definition) is 2. The molecule has 2 nitrogen and oxygen atoms in total. The predicted molar refractivity (Wildman–Crippen MR) is 76.1 cm³/mol. The van der Waals surface area contributed by atoms with Crippen molar-refractivity contribution in [3.05, 3.63) is 70.2 Å². The minimum atomic E-state index is 0.466. The predicted octanol–water partition coefficient (Wildman–Crippen LogP) is 4.34. The highest BCUT2D eigenvalue weighted by molar-refractivity contribution is 6.46.